The van der Waals surface area contributed by atoms with E-state index < -0.39 is 0 Å². The lowest BCUT2D eigenvalue weighted by Gasteiger charge is -2.40. The Morgan fingerprint density at radius 3 is 2.78 bits per heavy atom. The molecule has 0 fully saturated rings. The van der Waals surface area contributed by atoms with Gasteiger partial charge in [-0.3, -0.25) is 4.79 Å². The predicted molar refractivity (Wildman–Crippen MR) is 95.0 cm³/mol. The first-order valence-electron chi connectivity index (χ1n) is 8.46. The molecule has 2 aromatic carbocycles. The maximum Gasteiger partial charge on any atom is 0.142 e. The second kappa shape index (κ2) is 6.04. The van der Waals surface area contributed by atoms with E-state index in [4.69, 9.17) is 0 Å². The van der Waals surface area contributed by atoms with Crippen molar-refractivity contribution < 1.29 is 4.79 Å². The van der Waals surface area contributed by atoms with Gasteiger partial charge < -0.3 is 4.90 Å². The molecule has 0 saturated heterocycles. The molecular formula is C21H21NO. The third kappa shape index (κ3) is 2.48. The number of anilines is 1. The third-order valence-corrected chi connectivity index (χ3v) is 5.13. The van der Waals surface area contributed by atoms with Crippen LogP contribution in [0.25, 0.3) is 6.08 Å². The minimum Gasteiger partial charge on any atom is -0.371 e. The normalized spacial score (nSPS) is 19.7. The minimum atomic E-state index is 0.423. The maximum atomic E-state index is 10.7. The van der Waals surface area contributed by atoms with Gasteiger partial charge in [0.2, 0.25) is 0 Å². The van der Waals surface area contributed by atoms with Gasteiger partial charge in [-0.1, -0.05) is 48.5 Å². The molecule has 1 unspecified atom stereocenters. The molecule has 0 bridgehead atoms. The highest BCUT2D eigenvalue weighted by molar-refractivity contribution is 5.75. The van der Waals surface area contributed by atoms with E-state index in [1.165, 1.54) is 41.8 Å². The number of aldehydes is 1. The Morgan fingerprint density at radius 1 is 1.00 bits per heavy atom. The summed E-state index contributed by atoms with van der Waals surface area (Å²) in [6.45, 7) is 2.31. The molecule has 2 aromatic rings. The zero-order chi connectivity index (χ0) is 15.6. The third-order valence-electron chi connectivity index (χ3n) is 5.13. The van der Waals surface area contributed by atoms with Gasteiger partial charge in [0.1, 0.15) is 6.29 Å². The highest BCUT2D eigenvalue weighted by Gasteiger charge is 2.30. The molecular weight excluding hydrogens is 282 g/mol. The lowest BCUT2D eigenvalue weighted by atomic mass is 9.79. The van der Waals surface area contributed by atoms with Crippen LogP contribution in [0, 0.1) is 0 Å². The Bertz CT molecular complexity index is 762. The zero-order valence-corrected chi connectivity index (χ0v) is 13.2. The molecule has 116 valence electrons. The van der Waals surface area contributed by atoms with E-state index in [2.05, 4.69) is 41.3 Å². The molecule has 0 aromatic heterocycles. The van der Waals surface area contributed by atoms with Crippen LogP contribution < -0.4 is 4.90 Å². The molecule has 2 nitrogen and oxygen atoms in total. The summed E-state index contributed by atoms with van der Waals surface area (Å²) in [6, 6.07) is 15.3. The second-order valence-corrected chi connectivity index (χ2v) is 6.41. The van der Waals surface area contributed by atoms with Gasteiger partial charge >= 0.3 is 0 Å². The number of allylic oxidation sites excluding steroid dienone is 1. The summed E-state index contributed by atoms with van der Waals surface area (Å²) in [6.07, 6.45) is 7.98. The van der Waals surface area contributed by atoms with Gasteiger partial charge in [0.05, 0.1) is 0 Å². The van der Waals surface area contributed by atoms with Crippen LogP contribution in [0.4, 0.5) is 5.69 Å². The average molecular weight is 303 g/mol. The van der Waals surface area contributed by atoms with Crippen molar-refractivity contribution in [1.29, 1.82) is 0 Å². The van der Waals surface area contributed by atoms with Crippen molar-refractivity contribution in [2.45, 2.75) is 25.2 Å². The molecule has 23 heavy (non-hydrogen) atoms. The van der Waals surface area contributed by atoms with Crippen molar-refractivity contribution in [3.05, 3.63) is 70.8 Å². The van der Waals surface area contributed by atoms with Gasteiger partial charge in [-0.2, -0.15) is 0 Å². The number of benzene rings is 2. The standard InChI is InChI=1S/C21H21NO/c23-15-5-9-16-6-1-2-10-18(16)19-12-14-22-13-4-8-17-7-3-11-20(19)21(17)22/h1-3,5-7,9-11,15,19H,4,8,12-14H2/b9-5+. The maximum absolute atomic E-state index is 10.7. The van der Waals surface area contributed by atoms with E-state index in [1.54, 1.807) is 6.08 Å². The average Bonchev–Trinajstić information content (AvgIpc) is 2.61. The minimum absolute atomic E-state index is 0.423. The second-order valence-electron chi connectivity index (χ2n) is 6.41. The summed E-state index contributed by atoms with van der Waals surface area (Å²) < 4.78 is 0. The van der Waals surface area contributed by atoms with Crippen LogP contribution in [0.1, 0.15) is 41.0 Å². The molecule has 0 amide bonds. The number of para-hydroxylation sites is 1. The fourth-order valence-corrected chi connectivity index (χ4v) is 4.16. The monoisotopic (exact) mass is 303 g/mol. The number of hydrogen-bond donors (Lipinski definition) is 0. The summed E-state index contributed by atoms with van der Waals surface area (Å²) in [5.41, 5.74) is 6.93. The van der Waals surface area contributed by atoms with Crippen molar-refractivity contribution in [3.63, 3.8) is 0 Å². The molecule has 2 heteroatoms. The molecule has 1 atom stereocenters. The number of rotatable bonds is 3. The van der Waals surface area contributed by atoms with Gasteiger partial charge in [0.15, 0.2) is 0 Å². The van der Waals surface area contributed by atoms with Gasteiger partial charge in [0, 0.05) is 24.7 Å². The lowest BCUT2D eigenvalue weighted by molar-refractivity contribution is -0.104. The van der Waals surface area contributed by atoms with E-state index in [0.29, 0.717) is 5.92 Å². The van der Waals surface area contributed by atoms with Crippen molar-refractivity contribution in [2.24, 2.45) is 0 Å². The molecule has 0 spiro atoms. The van der Waals surface area contributed by atoms with E-state index in [1.807, 2.05) is 12.1 Å². The van der Waals surface area contributed by atoms with Crippen LogP contribution in [0.2, 0.25) is 0 Å². The highest BCUT2D eigenvalue weighted by Crippen LogP contribution is 2.44. The van der Waals surface area contributed by atoms with Gasteiger partial charge in [-0.15, -0.1) is 0 Å². The number of carbonyl (C=O) groups excluding carboxylic acids is 1. The first kappa shape index (κ1) is 14.3. The number of hydrogen-bond acceptors (Lipinski definition) is 2. The number of nitrogens with zero attached hydrogens (tertiary/aromatic N) is 1. The molecule has 0 aliphatic carbocycles. The van der Waals surface area contributed by atoms with Crippen LogP contribution in [0.5, 0.6) is 0 Å². The van der Waals surface area contributed by atoms with Crippen LogP contribution in [0.3, 0.4) is 0 Å². The van der Waals surface area contributed by atoms with E-state index in [0.717, 1.165) is 24.8 Å². The van der Waals surface area contributed by atoms with Gasteiger partial charge in [-0.05, 0) is 47.6 Å². The highest BCUT2D eigenvalue weighted by atomic mass is 16.1. The largest absolute Gasteiger partial charge is 0.371 e. The molecule has 2 heterocycles. The molecule has 2 aliphatic heterocycles. The molecule has 0 saturated carbocycles. The fourth-order valence-electron chi connectivity index (χ4n) is 4.16. The number of aryl methyl sites for hydroxylation is 1. The molecule has 4 rings (SSSR count). The fraction of sp³-hybridized carbons (Fsp3) is 0.286. The van der Waals surface area contributed by atoms with Crippen LogP contribution >= 0.6 is 0 Å². The molecule has 0 radical (unpaired) electrons. The first-order chi connectivity index (χ1) is 11.4. The SMILES string of the molecule is O=C/C=C/c1ccccc1C1CCN2CCCc3cccc1c32. The quantitative estimate of drug-likeness (QED) is 0.626. The molecule has 0 N–H and O–H groups in total. The zero-order valence-electron chi connectivity index (χ0n) is 13.2. The Balaban J connectivity index is 1.83. The van der Waals surface area contributed by atoms with Crippen LogP contribution in [0.15, 0.2) is 48.5 Å². The van der Waals surface area contributed by atoms with E-state index in [-0.39, 0.29) is 0 Å². The Kier molecular flexibility index (Phi) is 3.74. The first-order valence-corrected chi connectivity index (χ1v) is 8.46. The van der Waals surface area contributed by atoms with Crippen molar-refractivity contribution in [2.75, 3.05) is 18.0 Å². The van der Waals surface area contributed by atoms with Crippen LogP contribution in [-0.4, -0.2) is 19.4 Å². The predicted octanol–water partition coefficient (Wildman–Crippen LogP) is 4.19. The summed E-state index contributed by atoms with van der Waals surface area (Å²) in [5, 5.41) is 0. The number of carbonyl (C=O) groups is 1. The van der Waals surface area contributed by atoms with Crippen molar-refractivity contribution >= 4 is 18.0 Å². The van der Waals surface area contributed by atoms with Gasteiger partial charge in [-0.25, -0.2) is 0 Å². The smallest absolute Gasteiger partial charge is 0.142 e. The Labute approximate surface area is 137 Å². The van der Waals surface area contributed by atoms with Crippen LogP contribution in [-0.2, 0) is 11.2 Å². The van der Waals surface area contributed by atoms with E-state index >= 15 is 0 Å². The molecule has 2 aliphatic rings. The summed E-state index contributed by atoms with van der Waals surface area (Å²) in [7, 11) is 0. The topological polar surface area (TPSA) is 20.3 Å². The van der Waals surface area contributed by atoms with Gasteiger partial charge in [0.25, 0.3) is 0 Å². The van der Waals surface area contributed by atoms with Crippen molar-refractivity contribution in [3.8, 4) is 0 Å². The Morgan fingerprint density at radius 2 is 1.87 bits per heavy atom. The lowest BCUT2D eigenvalue weighted by Crippen LogP contribution is -2.36. The summed E-state index contributed by atoms with van der Waals surface area (Å²) >= 11 is 0. The summed E-state index contributed by atoms with van der Waals surface area (Å²) in [5.74, 6) is 0.423. The van der Waals surface area contributed by atoms with Crippen molar-refractivity contribution in [1.82, 2.24) is 0 Å². The van der Waals surface area contributed by atoms with E-state index in [9.17, 15) is 4.79 Å². The summed E-state index contributed by atoms with van der Waals surface area (Å²) in [4.78, 5) is 13.3. The Hall–Kier alpha value is -2.35.